The zero-order valence-electron chi connectivity index (χ0n) is 8.42. The molecular weight excluding hydrogens is 208 g/mol. The van der Waals surface area contributed by atoms with Crippen molar-refractivity contribution in [3.05, 3.63) is 34.8 Å². The average Bonchev–Trinajstić information content (AvgIpc) is 2.70. The van der Waals surface area contributed by atoms with E-state index in [1.165, 1.54) is 4.88 Å². The van der Waals surface area contributed by atoms with Crippen molar-refractivity contribution in [2.24, 2.45) is 0 Å². The van der Waals surface area contributed by atoms with E-state index >= 15 is 0 Å². The van der Waals surface area contributed by atoms with Gasteiger partial charge in [-0.2, -0.15) is 0 Å². The van der Waals surface area contributed by atoms with Crippen molar-refractivity contribution in [1.82, 2.24) is 9.97 Å². The molecule has 5 heteroatoms. The molecule has 4 nitrogen and oxygen atoms in total. The first-order valence-corrected chi connectivity index (χ1v) is 5.45. The van der Waals surface area contributed by atoms with Crippen LogP contribution in [0.15, 0.2) is 29.9 Å². The molecule has 0 radical (unpaired) electrons. The van der Waals surface area contributed by atoms with Crippen molar-refractivity contribution < 1.29 is 0 Å². The molecule has 0 aliphatic carbocycles. The summed E-state index contributed by atoms with van der Waals surface area (Å²) in [6.45, 7) is 0.829. The number of thiophene rings is 1. The summed E-state index contributed by atoms with van der Waals surface area (Å²) in [5.74, 6) is 1.24. The molecule has 0 atom stereocenters. The molecule has 0 spiro atoms. The van der Waals surface area contributed by atoms with E-state index in [9.17, 15) is 0 Å². The molecule has 0 saturated carbocycles. The quantitative estimate of drug-likeness (QED) is 0.856. The Morgan fingerprint density at radius 2 is 2.33 bits per heavy atom. The maximum atomic E-state index is 5.57. The summed E-state index contributed by atoms with van der Waals surface area (Å²) in [6, 6.07) is 4.14. The minimum Gasteiger partial charge on any atom is -0.382 e. The zero-order chi connectivity index (χ0) is 10.7. The Bertz CT molecular complexity index is 427. The maximum absolute atomic E-state index is 5.57. The first-order chi connectivity index (χ1) is 7.25. The highest BCUT2D eigenvalue weighted by atomic mass is 32.1. The SMILES string of the molecule is CN(Cc1cccs1)c1cncc(N)n1. The second-order valence-electron chi connectivity index (χ2n) is 3.24. The van der Waals surface area contributed by atoms with Crippen LogP contribution in [0.5, 0.6) is 0 Å². The summed E-state index contributed by atoms with van der Waals surface area (Å²) >= 11 is 1.73. The molecule has 0 unspecified atom stereocenters. The van der Waals surface area contributed by atoms with Crippen molar-refractivity contribution in [2.45, 2.75) is 6.54 Å². The van der Waals surface area contributed by atoms with Crippen LogP contribution < -0.4 is 10.6 Å². The molecule has 0 amide bonds. The number of aromatic nitrogens is 2. The van der Waals surface area contributed by atoms with Crippen molar-refractivity contribution in [2.75, 3.05) is 17.7 Å². The van der Waals surface area contributed by atoms with E-state index in [-0.39, 0.29) is 0 Å². The number of nitrogens with two attached hydrogens (primary N) is 1. The van der Waals surface area contributed by atoms with E-state index in [1.54, 1.807) is 23.7 Å². The Morgan fingerprint density at radius 1 is 1.47 bits per heavy atom. The van der Waals surface area contributed by atoms with Crippen molar-refractivity contribution >= 4 is 23.0 Å². The van der Waals surface area contributed by atoms with Crippen LogP contribution in [0.4, 0.5) is 11.6 Å². The number of hydrogen-bond acceptors (Lipinski definition) is 5. The van der Waals surface area contributed by atoms with Gasteiger partial charge in [-0.3, -0.25) is 4.98 Å². The van der Waals surface area contributed by atoms with Gasteiger partial charge in [-0.25, -0.2) is 4.98 Å². The van der Waals surface area contributed by atoms with Crippen LogP contribution in [0.25, 0.3) is 0 Å². The highest BCUT2D eigenvalue weighted by molar-refractivity contribution is 7.09. The van der Waals surface area contributed by atoms with E-state index in [2.05, 4.69) is 21.4 Å². The highest BCUT2D eigenvalue weighted by Crippen LogP contribution is 2.15. The minimum absolute atomic E-state index is 0.450. The van der Waals surface area contributed by atoms with E-state index in [1.807, 2.05) is 18.0 Å². The van der Waals surface area contributed by atoms with Crippen LogP contribution in [0.3, 0.4) is 0 Å². The van der Waals surface area contributed by atoms with Gasteiger partial charge in [0.2, 0.25) is 0 Å². The molecule has 2 N–H and O–H groups in total. The van der Waals surface area contributed by atoms with Gasteiger partial charge >= 0.3 is 0 Å². The molecule has 0 aliphatic rings. The van der Waals surface area contributed by atoms with Crippen LogP contribution >= 0.6 is 11.3 Å². The molecule has 2 aromatic heterocycles. The number of nitrogens with zero attached hydrogens (tertiary/aromatic N) is 3. The van der Waals surface area contributed by atoms with Crippen molar-refractivity contribution in [3.8, 4) is 0 Å². The lowest BCUT2D eigenvalue weighted by Gasteiger charge is -2.16. The van der Waals surface area contributed by atoms with E-state index < -0.39 is 0 Å². The summed E-state index contributed by atoms with van der Waals surface area (Å²) < 4.78 is 0. The van der Waals surface area contributed by atoms with Crippen LogP contribution in [0.2, 0.25) is 0 Å². The Labute approximate surface area is 92.4 Å². The van der Waals surface area contributed by atoms with Gasteiger partial charge in [0.05, 0.1) is 18.9 Å². The van der Waals surface area contributed by atoms with E-state index in [0.717, 1.165) is 12.4 Å². The lowest BCUT2D eigenvalue weighted by atomic mass is 10.4. The van der Waals surface area contributed by atoms with Gasteiger partial charge < -0.3 is 10.6 Å². The fourth-order valence-corrected chi connectivity index (χ4v) is 2.03. The van der Waals surface area contributed by atoms with Gasteiger partial charge in [0, 0.05) is 11.9 Å². The molecule has 0 fully saturated rings. The molecular formula is C10H12N4S. The number of nitrogen functional groups attached to an aromatic ring is 1. The summed E-state index contributed by atoms with van der Waals surface area (Å²) in [4.78, 5) is 11.5. The number of rotatable bonds is 3. The third-order valence-corrected chi connectivity index (χ3v) is 2.87. The van der Waals surface area contributed by atoms with Gasteiger partial charge in [0.15, 0.2) is 0 Å². The Kier molecular flexibility index (Phi) is 2.82. The largest absolute Gasteiger partial charge is 0.382 e. The van der Waals surface area contributed by atoms with Gasteiger partial charge in [-0.1, -0.05) is 6.07 Å². The van der Waals surface area contributed by atoms with Crippen molar-refractivity contribution in [3.63, 3.8) is 0 Å². The lowest BCUT2D eigenvalue weighted by molar-refractivity contribution is 0.906. The predicted molar refractivity (Wildman–Crippen MR) is 62.9 cm³/mol. The fourth-order valence-electron chi connectivity index (χ4n) is 1.27. The Morgan fingerprint density at radius 3 is 3.00 bits per heavy atom. The topological polar surface area (TPSA) is 55.0 Å². The third kappa shape index (κ3) is 2.44. The third-order valence-electron chi connectivity index (χ3n) is 2.00. The van der Waals surface area contributed by atoms with Crippen LogP contribution in [0, 0.1) is 0 Å². The number of hydrogen-bond donors (Lipinski definition) is 1. The molecule has 2 heterocycles. The van der Waals surface area contributed by atoms with Crippen LogP contribution in [-0.4, -0.2) is 17.0 Å². The summed E-state index contributed by atoms with van der Waals surface area (Å²) in [6.07, 6.45) is 3.26. The van der Waals surface area contributed by atoms with Gasteiger partial charge in [0.1, 0.15) is 11.6 Å². The van der Waals surface area contributed by atoms with Gasteiger partial charge in [-0.05, 0) is 11.4 Å². The molecule has 0 bridgehead atoms. The Balaban J connectivity index is 2.11. The number of anilines is 2. The summed E-state index contributed by atoms with van der Waals surface area (Å²) in [5.41, 5.74) is 5.57. The molecule has 78 valence electrons. The first-order valence-electron chi connectivity index (χ1n) is 4.57. The molecule has 2 rings (SSSR count). The van der Waals surface area contributed by atoms with Gasteiger partial charge in [-0.15, -0.1) is 11.3 Å². The average molecular weight is 220 g/mol. The van der Waals surface area contributed by atoms with Crippen LogP contribution in [-0.2, 0) is 6.54 Å². The Hall–Kier alpha value is -1.62. The lowest BCUT2D eigenvalue weighted by Crippen LogP contribution is -2.17. The fraction of sp³-hybridized carbons (Fsp3) is 0.200. The standard InChI is InChI=1S/C10H12N4S/c1-14(7-8-3-2-4-15-8)10-6-12-5-9(11)13-10/h2-6H,7H2,1H3,(H2,11,13). The molecule has 0 aliphatic heterocycles. The maximum Gasteiger partial charge on any atom is 0.149 e. The second kappa shape index (κ2) is 4.27. The molecule has 2 aromatic rings. The molecule has 15 heavy (non-hydrogen) atoms. The van der Waals surface area contributed by atoms with Gasteiger partial charge in [0.25, 0.3) is 0 Å². The van der Waals surface area contributed by atoms with Crippen LogP contribution in [0.1, 0.15) is 4.88 Å². The summed E-state index contributed by atoms with van der Waals surface area (Å²) in [5, 5.41) is 2.06. The molecule has 0 saturated heterocycles. The zero-order valence-corrected chi connectivity index (χ0v) is 9.24. The second-order valence-corrected chi connectivity index (χ2v) is 4.27. The van der Waals surface area contributed by atoms with E-state index in [4.69, 9.17) is 5.73 Å². The monoisotopic (exact) mass is 220 g/mol. The molecule has 0 aromatic carbocycles. The highest BCUT2D eigenvalue weighted by Gasteiger charge is 2.04. The van der Waals surface area contributed by atoms with E-state index in [0.29, 0.717) is 5.82 Å². The first kappa shape index (κ1) is 9.92. The smallest absolute Gasteiger partial charge is 0.149 e. The normalized spacial score (nSPS) is 10.2. The van der Waals surface area contributed by atoms with Crippen molar-refractivity contribution in [1.29, 1.82) is 0 Å². The minimum atomic E-state index is 0.450. The predicted octanol–water partition coefficient (Wildman–Crippen LogP) is 1.76. The summed E-state index contributed by atoms with van der Waals surface area (Å²) in [7, 11) is 1.98.